The van der Waals surface area contributed by atoms with Crippen molar-refractivity contribution >= 4 is 28.8 Å². The van der Waals surface area contributed by atoms with Crippen molar-refractivity contribution < 1.29 is 9.59 Å². The largest absolute Gasteiger partial charge is 0.273 e. The second-order valence-corrected chi connectivity index (χ2v) is 7.58. The number of nitrogens with zero attached hydrogens (tertiary/aromatic N) is 2. The van der Waals surface area contributed by atoms with Crippen LogP contribution in [0.4, 0.5) is 0 Å². The third-order valence-corrected chi connectivity index (χ3v) is 5.34. The molecule has 0 aliphatic rings. The highest BCUT2D eigenvalue weighted by Gasteiger charge is 2.12. The zero-order chi connectivity index (χ0) is 22.5. The number of carbonyl (C=O) groups is 2. The Labute approximate surface area is 186 Å². The molecule has 4 aromatic rings. The number of hydrogen-bond donors (Lipinski definition) is 2. The van der Waals surface area contributed by atoms with Gasteiger partial charge in [0.15, 0.2) is 0 Å². The van der Waals surface area contributed by atoms with Crippen LogP contribution in [0.5, 0.6) is 0 Å². The van der Waals surface area contributed by atoms with Gasteiger partial charge in [-0.25, -0.2) is 5.43 Å². The van der Waals surface area contributed by atoms with E-state index in [2.05, 4.69) is 16.0 Å². The van der Waals surface area contributed by atoms with Crippen LogP contribution in [-0.4, -0.2) is 22.7 Å². The lowest BCUT2D eigenvalue weighted by molar-refractivity contribution is -0.120. The summed E-state index contributed by atoms with van der Waals surface area (Å²) in [6.45, 7) is 3.78. The molecule has 6 heteroatoms. The van der Waals surface area contributed by atoms with Gasteiger partial charge in [-0.15, -0.1) is 0 Å². The molecule has 0 aliphatic heterocycles. The van der Waals surface area contributed by atoms with Gasteiger partial charge >= 0.3 is 0 Å². The molecule has 0 aliphatic carbocycles. The molecule has 32 heavy (non-hydrogen) atoms. The summed E-state index contributed by atoms with van der Waals surface area (Å²) >= 11 is 0. The van der Waals surface area contributed by atoms with Crippen LogP contribution in [0.2, 0.25) is 0 Å². The fraction of sp³-hybridized carbons (Fsp3) is 0.115. The fourth-order valence-corrected chi connectivity index (χ4v) is 3.68. The van der Waals surface area contributed by atoms with Crippen LogP contribution in [0.1, 0.15) is 32.9 Å². The molecule has 0 bridgehead atoms. The fourth-order valence-electron chi connectivity index (χ4n) is 3.68. The molecule has 0 unspecified atom stereocenters. The molecule has 0 fully saturated rings. The Bertz CT molecular complexity index is 1300. The van der Waals surface area contributed by atoms with E-state index in [1.807, 2.05) is 80.6 Å². The second kappa shape index (κ2) is 9.31. The average molecular weight is 425 g/mol. The van der Waals surface area contributed by atoms with Gasteiger partial charge in [0.1, 0.15) is 0 Å². The maximum Gasteiger partial charge on any atom is 0.270 e. The van der Waals surface area contributed by atoms with Crippen LogP contribution in [0.15, 0.2) is 84.0 Å². The normalized spacial score (nSPS) is 11.1. The first-order valence-corrected chi connectivity index (χ1v) is 10.4. The lowest BCUT2D eigenvalue weighted by atomic mass is 10.0. The highest BCUT2D eigenvalue weighted by Crippen LogP contribution is 2.19. The minimum Gasteiger partial charge on any atom is -0.273 e. The molecule has 6 nitrogen and oxygen atoms in total. The number of aryl methyl sites for hydroxylation is 1. The number of hydrogen-bond acceptors (Lipinski definition) is 3. The summed E-state index contributed by atoms with van der Waals surface area (Å²) in [6, 6.07) is 24.9. The topological polar surface area (TPSA) is 75.5 Å². The van der Waals surface area contributed by atoms with Crippen LogP contribution in [-0.2, 0) is 11.2 Å². The zero-order valence-corrected chi connectivity index (χ0v) is 18.0. The lowest BCUT2D eigenvalue weighted by Crippen LogP contribution is -2.24. The highest BCUT2D eigenvalue weighted by atomic mass is 16.2. The molecule has 0 radical (unpaired) electrons. The van der Waals surface area contributed by atoms with Gasteiger partial charge in [0, 0.05) is 22.5 Å². The molecule has 0 saturated heterocycles. The molecular weight excluding hydrogens is 400 g/mol. The van der Waals surface area contributed by atoms with E-state index in [-0.39, 0.29) is 18.2 Å². The molecule has 0 spiro atoms. The number of nitrogens with one attached hydrogen (secondary N) is 2. The van der Waals surface area contributed by atoms with Crippen LogP contribution < -0.4 is 10.9 Å². The van der Waals surface area contributed by atoms with Gasteiger partial charge in [-0.1, -0.05) is 60.7 Å². The maximum absolute atomic E-state index is 12.5. The minimum absolute atomic E-state index is 0.191. The maximum atomic E-state index is 12.5. The SMILES string of the molecule is Cc1cc(/C=N\NC(=O)Cc2cccc3ccccc23)c(C)n1NC(=O)c1ccccc1. The monoisotopic (exact) mass is 424 g/mol. The van der Waals surface area contributed by atoms with E-state index in [9.17, 15) is 9.59 Å². The molecule has 2 amide bonds. The van der Waals surface area contributed by atoms with E-state index in [4.69, 9.17) is 0 Å². The van der Waals surface area contributed by atoms with Crippen molar-refractivity contribution in [3.8, 4) is 0 Å². The molecule has 2 N–H and O–H groups in total. The van der Waals surface area contributed by atoms with Gasteiger partial charge in [-0.05, 0) is 48.4 Å². The van der Waals surface area contributed by atoms with Crippen LogP contribution in [0, 0.1) is 13.8 Å². The predicted octanol–water partition coefficient (Wildman–Crippen LogP) is 4.33. The number of fused-ring (bicyclic) bond motifs is 1. The first kappa shape index (κ1) is 21.1. The molecule has 3 aromatic carbocycles. The first-order chi connectivity index (χ1) is 15.5. The predicted molar refractivity (Wildman–Crippen MR) is 127 cm³/mol. The van der Waals surface area contributed by atoms with Crippen molar-refractivity contribution in [1.82, 2.24) is 10.1 Å². The van der Waals surface area contributed by atoms with Crippen LogP contribution >= 0.6 is 0 Å². The quantitative estimate of drug-likeness (QED) is 0.357. The van der Waals surface area contributed by atoms with Crippen molar-refractivity contribution in [2.45, 2.75) is 20.3 Å². The van der Waals surface area contributed by atoms with E-state index in [1.165, 1.54) is 0 Å². The number of aromatic nitrogens is 1. The summed E-state index contributed by atoms with van der Waals surface area (Å²) in [5, 5.41) is 6.28. The summed E-state index contributed by atoms with van der Waals surface area (Å²) in [4.78, 5) is 24.9. The zero-order valence-electron chi connectivity index (χ0n) is 18.0. The Hall–Kier alpha value is -4.19. The number of carbonyl (C=O) groups excluding carboxylic acids is 2. The average Bonchev–Trinajstić information content (AvgIpc) is 3.07. The smallest absolute Gasteiger partial charge is 0.270 e. The Kier molecular flexibility index (Phi) is 6.12. The van der Waals surface area contributed by atoms with Crippen LogP contribution in [0.25, 0.3) is 10.8 Å². The van der Waals surface area contributed by atoms with Gasteiger partial charge < -0.3 is 0 Å². The summed E-state index contributed by atoms with van der Waals surface area (Å²) in [5.74, 6) is -0.386. The van der Waals surface area contributed by atoms with Gasteiger partial charge in [0.2, 0.25) is 5.91 Å². The second-order valence-electron chi connectivity index (χ2n) is 7.58. The lowest BCUT2D eigenvalue weighted by Gasteiger charge is -2.11. The number of amides is 2. The van der Waals surface area contributed by atoms with Crippen molar-refractivity contribution in [3.63, 3.8) is 0 Å². The van der Waals surface area contributed by atoms with Crippen molar-refractivity contribution in [2.24, 2.45) is 5.10 Å². The Morgan fingerprint density at radius 1 is 0.938 bits per heavy atom. The van der Waals surface area contributed by atoms with Crippen molar-refractivity contribution in [1.29, 1.82) is 0 Å². The Morgan fingerprint density at radius 3 is 2.47 bits per heavy atom. The molecule has 0 atom stereocenters. The van der Waals surface area contributed by atoms with Crippen molar-refractivity contribution in [3.05, 3.63) is 107 Å². The number of benzene rings is 3. The molecular formula is C26H24N4O2. The molecule has 160 valence electrons. The van der Waals surface area contributed by atoms with Crippen LogP contribution in [0.3, 0.4) is 0 Å². The summed E-state index contributed by atoms with van der Waals surface area (Å²) in [7, 11) is 0. The van der Waals surface area contributed by atoms with Gasteiger partial charge in [0.05, 0.1) is 12.6 Å². The summed E-state index contributed by atoms with van der Waals surface area (Å²) in [6.07, 6.45) is 1.83. The third-order valence-electron chi connectivity index (χ3n) is 5.34. The van der Waals surface area contributed by atoms with E-state index in [0.717, 1.165) is 33.3 Å². The third kappa shape index (κ3) is 4.59. The molecule has 1 aromatic heterocycles. The van der Waals surface area contributed by atoms with Gasteiger partial charge in [-0.3, -0.25) is 19.7 Å². The Balaban J connectivity index is 1.42. The van der Waals surface area contributed by atoms with Crippen molar-refractivity contribution in [2.75, 3.05) is 5.43 Å². The van der Waals surface area contributed by atoms with Gasteiger partial charge in [0.25, 0.3) is 5.91 Å². The number of rotatable bonds is 6. The highest BCUT2D eigenvalue weighted by molar-refractivity contribution is 6.00. The molecule has 4 rings (SSSR count). The number of hydrazone groups is 1. The standard InChI is InChI=1S/C26H24N4O2/c1-18-15-23(19(2)30(18)29-26(32)21-10-4-3-5-11-21)17-27-28-25(31)16-22-13-8-12-20-9-6-7-14-24(20)22/h3-15,17H,16H2,1-2H3,(H,28,31)(H,29,32)/b27-17-. The first-order valence-electron chi connectivity index (χ1n) is 10.4. The van der Waals surface area contributed by atoms with E-state index < -0.39 is 0 Å². The Morgan fingerprint density at radius 2 is 1.66 bits per heavy atom. The van der Waals surface area contributed by atoms with E-state index in [0.29, 0.717) is 5.56 Å². The van der Waals surface area contributed by atoms with E-state index in [1.54, 1.807) is 23.0 Å². The van der Waals surface area contributed by atoms with E-state index >= 15 is 0 Å². The van der Waals surface area contributed by atoms with Gasteiger partial charge in [-0.2, -0.15) is 5.10 Å². The summed E-state index contributed by atoms with van der Waals surface area (Å²) in [5.41, 5.74) is 9.51. The molecule has 0 saturated carbocycles. The minimum atomic E-state index is -0.195. The molecule has 1 heterocycles. The summed E-state index contributed by atoms with van der Waals surface area (Å²) < 4.78 is 1.72.